The third-order valence-electron chi connectivity index (χ3n) is 3.94. The summed E-state index contributed by atoms with van der Waals surface area (Å²) in [4.78, 5) is 25.5. The molecule has 114 valence electrons. The minimum absolute atomic E-state index is 0.110. The standard InChI is InChI=1S/C15H17BrFNO3/c1-15(2)7-4-8-18(12(15)14(20)21)13(19)11-9(16)5-3-6-10(11)17/h3,5-6,12H,4,7-8H2,1-2H3,(H,20,21). The first-order valence-corrected chi connectivity index (χ1v) is 7.53. The molecule has 1 aliphatic rings. The molecule has 1 unspecified atom stereocenters. The van der Waals surface area contributed by atoms with E-state index in [0.29, 0.717) is 23.9 Å². The monoisotopic (exact) mass is 357 g/mol. The first-order chi connectivity index (χ1) is 9.75. The van der Waals surface area contributed by atoms with Crippen LogP contribution in [0.25, 0.3) is 0 Å². The number of piperidine rings is 1. The molecule has 0 saturated carbocycles. The van der Waals surface area contributed by atoms with E-state index in [2.05, 4.69) is 15.9 Å². The zero-order chi connectivity index (χ0) is 15.8. The number of rotatable bonds is 2. The molecule has 1 atom stereocenters. The minimum atomic E-state index is -1.06. The number of benzene rings is 1. The summed E-state index contributed by atoms with van der Waals surface area (Å²) in [5.74, 6) is -2.29. The van der Waals surface area contributed by atoms with Gasteiger partial charge in [-0.1, -0.05) is 19.9 Å². The lowest BCUT2D eigenvalue weighted by atomic mass is 9.76. The van der Waals surface area contributed by atoms with Crippen LogP contribution in [0.1, 0.15) is 37.0 Å². The highest BCUT2D eigenvalue weighted by Gasteiger charge is 2.45. The van der Waals surface area contributed by atoms with E-state index in [9.17, 15) is 19.1 Å². The summed E-state index contributed by atoms with van der Waals surface area (Å²) >= 11 is 3.16. The van der Waals surface area contributed by atoms with Crippen molar-refractivity contribution < 1.29 is 19.1 Å². The normalized spacial score (nSPS) is 21.1. The number of nitrogens with zero attached hydrogens (tertiary/aromatic N) is 1. The molecule has 2 rings (SSSR count). The number of carbonyl (C=O) groups is 2. The molecule has 1 fully saturated rings. The molecule has 0 aliphatic carbocycles. The van der Waals surface area contributed by atoms with Gasteiger partial charge < -0.3 is 10.0 Å². The minimum Gasteiger partial charge on any atom is -0.480 e. The van der Waals surface area contributed by atoms with Gasteiger partial charge in [-0.3, -0.25) is 4.79 Å². The van der Waals surface area contributed by atoms with Crippen LogP contribution < -0.4 is 0 Å². The van der Waals surface area contributed by atoms with E-state index in [1.165, 1.54) is 17.0 Å². The fourth-order valence-electron chi connectivity index (χ4n) is 2.92. The Morgan fingerprint density at radius 3 is 2.67 bits per heavy atom. The Kier molecular flexibility index (Phi) is 4.37. The molecule has 0 aromatic heterocycles. The molecule has 4 nitrogen and oxygen atoms in total. The van der Waals surface area contributed by atoms with Crippen LogP contribution in [0.5, 0.6) is 0 Å². The second-order valence-corrected chi connectivity index (χ2v) is 6.78. The number of carbonyl (C=O) groups excluding carboxylic acids is 1. The Hall–Kier alpha value is -1.43. The van der Waals surface area contributed by atoms with Crippen molar-refractivity contribution in [2.24, 2.45) is 5.41 Å². The van der Waals surface area contributed by atoms with Crippen molar-refractivity contribution in [1.29, 1.82) is 0 Å². The van der Waals surface area contributed by atoms with E-state index in [4.69, 9.17) is 0 Å². The average Bonchev–Trinajstić information content (AvgIpc) is 2.36. The first kappa shape index (κ1) is 15.9. The van der Waals surface area contributed by atoms with Gasteiger partial charge in [0.15, 0.2) is 0 Å². The van der Waals surface area contributed by atoms with Gasteiger partial charge >= 0.3 is 5.97 Å². The first-order valence-electron chi connectivity index (χ1n) is 6.73. The quantitative estimate of drug-likeness (QED) is 0.883. The fraction of sp³-hybridized carbons (Fsp3) is 0.467. The van der Waals surface area contributed by atoms with E-state index < -0.39 is 29.2 Å². The number of hydrogen-bond donors (Lipinski definition) is 1. The van der Waals surface area contributed by atoms with Crippen LogP contribution in [0.2, 0.25) is 0 Å². The van der Waals surface area contributed by atoms with Crippen LogP contribution in [0.15, 0.2) is 22.7 Å². The number of amides is 1. The van der Waals surface area contributed by atoms with Gasteiger partial charge in [0.25, 0.3) is 5.91 Å². The SMILES string of the molecule is CC1(C)CCCN(C(=O)c2c(F)cccc2Br)C1C(=O)O. The third kappa shape index (κ3) is 2.95. The summed E-state index contributed by atoms with van der Waals surface area (Å²) in [5, 5.41) is 9.48. The fourth-order valence-corrected chi connectivity index (χ4v) is 3.44. The molecular weight excluding hydrogens is 341 g/mol. The van der Waals surface area contributed by atoms with Gasteiger partial charge in [-0.25, -0.2) is 9.18 Å². The summed E-state index contributed by atoms with van der Waals surface area (Å²) in [6.45, 7) is 3.96. The van der Waals surface area contributed by atoms with Crippen LogP contribution in [0, 0.1) is 11.2 Å². The number of carboxylic acids is 1. The number of aliphatic carboxylic acids is 1. The molecule has 1 aromatic rings. The van der Waals surface area contributed by atoms with Gasteiger partial charge in [0.05, 0.1) is 5.56 Å². The highest BCUT2D eigenvalue weighted by molar-refractivity contribution is 9.10. The van der Waals surface area contributed by atoms with Crippen molar-refractivity contribution in [2.45, 2.75) is 32.7 Å². The van der Waals surface area contributed by atoms with Crippen LogP contribution >= 0.6 is 15.9 Å². The molecule has 1 amide bonds. The van der Waals surface area contributed by atoms with Gasteiger partial charge in [0.2, 0.25) is 0 Å². The van der Waals surface area contributed by atoms with Gasteiger partial charge in [-0.2, -0.15) is 0 Å². The average molecular weight is 358 g/mol. The van der Waals surface area contributed by atoms with E-state index in [0.717, 1.165) is 0 Å². The summed E-state index contributed by atoms with van der Waals surface area (Å²) in [6, 6.07) is 3.31. The van der Waals surface area contributed by atoms with Crippen molar-refractivity contribution >= 4 is 27.8 Å². The van der Waals surface area contributed by atoms with Crippen molar-refractivity contribution in [3.63, 3.8) is 0 Å². The smallest absolute Gasteiger partial charge is 0.326 e. The second kappa shape index (κ2) is 5.75. The number of carboxylic acid groups (broad SMARTS) is 1. The van der Waals surface area contributed by atoms with Crippen molar-refractivity contribution in [3.8, 4) is 0 Å². The molecule has 0 bridgehead atoms. The zero-order valence-electron chi connectivity index (χ0n) is 11.9. The van der Waals surface area contributed by atoms with Gasteiger partial charge in [-0.15, -0.1) is 0 Å². The lowest BCUT2D eigenvalue weighted by Gasteiger charge is -2.44. The Morgan fingerprint density at radius 2 is 2.10 bits per heavy atom. The highest BCUT2D eigenvalue weighted by atomic mass is 79.9. The molecule has 0 spiro atoms. The Morgan fingerprint density at radius 1 is 1.43 bits per heavy atom. The van der Waals surface area contributed by atoms with Crippen LogP contribution in [-0.4, -0.2) is 34.5 Å². The highest BCUT2D eigenvalue weighted by Crippen LogP contribution is 2.36. The molecule has 1 heterocycles. The van der Waals surface area contributed by atoms with Crippen molar-refractivity contribution in [3.05, 3.63) is 34.1 Å². The number of hydrogen-bond acceptors (Lipinski definition) is 2. The molecule has 6 heteroatoms. The molecular formula is C15H17BrFNO3. The molecule has 21 heavy (non-hydrogen) atoms. The maximum Gasteiger partial charge on any atom is 0.326 e. The van der Waals surface area contributed by atoms with Gasteiger partial charge in [-0.05, 0) is 46.3 Å². The Balaban J connectivity index is 2.44. The Labute approximate surface area is 131 Å². The zero-order valence-corrected chi connectivity index (χ0v) is 13.5. The maximum absolute atomic E-state index is 14.0. The summed E-state index contributed by atoms with van der Waals surface area (Å²) in [7, 11) is 0. The number of halogens is 2. The molecule has 1 saturated heterocycles. The Bertz CT molecular complexity index is 568. The lowest BCUT2D eigenvalue weighted by molar-refractivity contribution is -0.148. The van der Waals surface area contributed by atoms with Crippen molar-refractivity contribution in [2.75, 3.05) is 6.54 Å². The van der Waals surface area contributed by atoms with Crippen LogP contribution in [-0.2, 0) is 4.79 Å². The van der Waals surface area contributed by atoms with E-state index in [1.807, 2.05) is 13.8 Å². The predicted molar refractivity (Wildman–Crippen MR) is 79.6 cm³/mol. The third-order valence-corrected chi connectivity index (χ3v) is 4.60. The largest absolute Gasteiger partial charge is 0.480 e. The topological polar surface area (TPSA) is 57.6 Å². The molecule has 1 aliphatic heterocycles. The van der Waals surface area contributed by atoms with Crippen molar-refractivity contribution in [1.82, 2.24) is 4.90 Å². The van der Waals surface area contributed by atoms with Gasteiger partial charge in [0.1, 0.15) is 11.9 Å². The van der Waals surface area contributed by atoms with E-state index >= 15 is 0 Å². The van der Waals surface area contributed by atoms with Gasteiger partial charge in [0, 0.05) is 11.0 Å². The summed E-state index contributed by atoms with van der Waals surface area (Å²) < 4.78 is 14.3. The number of likely N-dealkylation sites (tertiary alicyclic amines) is 1. The van der Waals surface area contributed by atoms with E-state index in [-0.39, 0.29) is 5.56 Å². The molecule has 1 aromatic carbocycles. The molecule has 0 radical (unpaired) electrons. The molecule has 1 N–H and O–H groups in total. The predicted octanol–water partition coefficient (Wildman–Crippen LogP) is 3.30. The summed E-state index contributed by atoms with van der Waals surface area (Å²) in [6.07, 6.45) is 1.42. The second-order valence-electron chi connectivity index (χ2n) is 5.93. The lowest BCUT2D eigenvalue weighted by Crippen LogP contribution is -2.56. The van der Waals surface area contributed by atoms with Crippen LogP contribution in [0.3, 0.4) is 0 Å². The van der Waals surface area contributed by atoms with Crippen LogP contribution in [0.4, 0.5) is 4.39 Å². The summed E-state index contributed by atoms with van der Waals surface area (Å²) in [5.41, 5.74) is -0.654. The van der Waals surface area contributed by atoms with E-state index in [1.54, 1.807) is 6.07 Å². The maximum atomic E-state index is 14.0.